The number of aliphatic hydroxyl groups is 1. The molecule has 1 aliphatic rings. The number of hydrogen-bond acceptors (Lipinski definition) is 5. The largest absolute Gasteiger partial charge is 0.493 e. The van der Waals surface area contributed by atoms with Gasteiger partial charge in [-0.25, -0.2) is 8.42 Å². The van der Waals surface area contributed by atoms with Gasteiger partial charge in [-0.1, -0.05) is 54.1 Å². The van der Waals surface area contributed by atoms with E-state index in [9.17, 15) is 13.5 Å². The summed E-state index contributed by atoms with van der Waals surface area (Å²) in [6.45, 7) is 3.28. The van der Waals surface area contributed by atoms with Gasteiger partial charge in [-0.2, -0.15) is 0 Å². The van der Waals surface area contributed by atoms with Crippen molar-refractivity contribution < 1.29 is 23.0 Å². The molecule has 0 spiro atoms. The molecular weight excluding hydrogens is 461 g/mol. The molecule has 1 N–H and O–H groups in total. The van der Waals surface area contributed by atoms with Crippen molar-refractivity contribution in [1.82, 2.24) is 0 Å². The number of sulfonamides is 1. The highest BCUT2D eigenvalue weighted by atomic mass is 35.5. The molecule has 0 saturated heterocycles. The lowest BCUT2D eigenvalue weighted by molar-refractivity contribution is 0.101. The normalized spacial score (nSPS) is 19.2. The zero-order valence-electron chi connectivity index (χ0n) is 16.9. The van der Waals surface area contributed by atoms with E-state index in [-0.39, 0.29) is 23.8 Å². The van der Waals surface area contributed by atoms with Crippen LogP contribution in [-0.4, -0.2) is 34.3 Å². The Kier molecular flexibility index (Phi) is 6.71. The Morgan fingerprint density at radius 1 is 1.13 bits per heavy atom. The van der Waals surface area contributed by atoms with Gasteiger partial charge in [-0.3, -0.25) is 4.31 Å². The zero-order chi connectivity index (χ0) is 22.8. The maximum Gasteiger partial charge on any atom is 0.261 e. The lowest BCUT2D eigenvalue weighted by Gasteiger charge is -2.26. The lowest BCUT2D eigenvalue weighted by Crippen LogP contribution is -2.37. The van der Waals surface area contributed by atoms with Crippen LogP contribution >= 0.6 is 23.2 Å². The smallest absolute Gasteiger partial charge is 0.261 e. The van der Waals surface area contributed by atoms with Crippen molar-refractivity contribution in [3.8, 4) is 0 Å². The maximum atomic E-state index is 13.4. The van der Waals surface area contributed by atoms with Crippen molar-refractivity contribution in [3.63, 3.8) is 0 Å². The van der Waals surface area contributed by atoms with Crippen LogP contribution in [0.2, 0.25) is 10.0 Å². The molecule has 0 bridgehead atoms. The quantitative estimate of drug-likeness (QED) is 0.462. The molecule has 1 heterocycles. The highest BCUT2D eigenvalue weighted by Gasteiger charge is 2.47. The van der Waals surface area contributed by atoms with Crippen molar-refractivity contribution in [2.75, 3.05) is 25.1 Å². The molecule has 2 aromatic carbocycles. The molecule has 0 fully saturated rings. The molecule has 1 atom stereocenters. The lowest BCUT2D eigenvalue weighted by atomic mass is 9.88. The van der Waals surface area contributed by atoms with E-state index in [1.807, 2.05) is 0 Å². The molecule has 0 unspecified atom stereocenters. The van der Waals surface area contributed by atoms with Crippen LogP contribution < -0.4 is 4.31 Å². The van der Waals surface area contributed by atoms with Crippen LogP contribution in [0.5, 0.6) is 0 Å². The van der Waals surface area contributed by atoms with E-state index in [0.29, 0.717) is 21.2 Å². The van der Waals surface area contributed by atoms with E-state index in [0.717, 1.165) is 9.71 Å². The third kappa shape index (κ3) is 4.32. The van der Waals surface area contributed by atoms with Gasteiger partial charge >= 0.3 is 0 Å². The fraction of sp³-hybridized carbons (Fsp3) is 0.182. The van der Waals surface area contributed by atoms with E-state index >= 15 is 0 Å². The fourth-order valence-corrected chi connectivity index (χ4v) is 5.33. The zero-order valence-corrected chi connectivity index (χ0v) is 19.2. The monoisotopic (exact) mass is 481 g/mol. The summed E-state index contributed by atoms with van der Waals surface area (Å²) in [7, 11) is -1.40. The second kappa shape index (κ2) is 8.96. The summed E-state index contributed by atoms with van der Waals surface area (Å²) in [5.41, 5.74) is -0.714. The van der Waals surface area contributed by atoms with Crippen molar-refractivity contribution in [3.05, 3.63) is 99.3 Å². The number of methoxy groups -OCH3 is 2. The summed E-state index contributed by atoms with van der Waals surface area (Å²) >= 11 is 12.5. The van der Waals surface area contributed by atoms with Gasteiger partial charge in [-0.15, -0.1) is 0 Å². The Morgan fingerprint density at radius 2 is 1.81 bits per heavy atom. The van der Waals surface area contributed by atoms with Gasteiger partial charge in [-0.05, 0) is 30.3 Å². The third-order valence-electron chi connectivity index (χ3n) is 4.88. The van der Waals surface area contributed by atoms with Gasteiger partial charge < -0.3 is 14.6 Å². The van der Waals surface area contributed by atoms with Gasteiger partial charge in [0.2, 0.25) is 0 Å². The summed E-state index contributed by atoms with van der Waals surface area (Å²) in [4.78, 5) is 0. The first-order valence-electron chi connectivity index (χ1n) is 9.11. The summed E-state index contributed by atoms with van der Waals surface area (Å²) in [5, 5.41) is 13.2. The second-order valence-electron chi connectivity index (χ2n) is 6.71. The first-order chi connectivity index (χ1) is 14.7. The average Bonchev–Trinajstić information content (AvgIpc) is 3.04. The Balaban J connectivity index is 2.18. The molecule has 0 amide bonds. The van der Waals surface area contributed by atoms with Gasteiger partial charge in [0.05, 0.1) is 31.9 Å². The Bertz CT molecular complexity index is 1180. The second-order valence-corrected chi connectivity index (χ2v) is 9.26. The Labute approximate surface area is 191 Å². The number of fused-ring (bicyclic) bond motifs is 1. The van der Waals surface area contributed by atoms with Gasteiger partial charge in [0.1, 0.15) is 5.60 Å². The van der Waals surface area contributed by atoms with Crippen LogP contribution in [0.4, 0.5) is 5.69 Å². The van der Waals surface area contributed by atoms with Crippen molar-refractivity contribution in [2.45, 2.75) is 5.60 Å². The van der Waals surface area contributed by atoms with Crippen molar-refractivity contribution >= 4 is 38.9 Å². The molecule has 0 aromatic heterocycles. The topological polar surface area (TPSA) is 76.1 Å². The molecule has 0 radical (unpaired) electrons. The molecular formula is C22H21Cl2NO5S. The van der Waals surface area contributed by atoms with E-state index in [2.05, 4.69) is 6.58 Å². The van der Waals surface area contributed by atoms with Crippen LogP contribution in [0.15, 0.2) is 78.1 Å². The van der Waals surface area contributed by atoms with Gasteiger partial charge in [0.15, 0.2) is 11.5 Å². The number of benzene rings is 2. The molecule has 9 heteroatoms. The summed E-state index contributed by atoms with van der Waals surface area (Å²) < 4.78 is 38.2. The number of ether oxygens (including phenoxy) is 2. The number of nitrogens with zero attached hydrogens (tertiary/aromatic N) is 1. The first kappa shape index (κ1) is 23.2. The molecule has 164 valence electrons. The number of hydrogen-bond donors (Lipinski definition) is 1. The van der Waals surface area contributed by atoms with E-state index in [1.54, 1.807) is 36.4 Å². The summed E-state index contributed by atoms with van der Waals surface area (Å²) in [6, 6.07) is 11.4. The van der Waals surface area contributed by atoms with Crippen molar-refractivity contribution in [2.24, 2.45) is 0 Å². The molecule has 0 aliphatic carbocycles. The number of anilines is 1. The minimum atomic E-state index is -4.12. The number of rotatable bonds is 7. The Morgan fingerprint density at radius 3 is 2.42 bits per heavy atom. The van der Waals surface area contributed by atoms with Crippen LogP contribution in [0.25, 0.3) is 0 Å². The Hall–Kier alpha value is -2.45. The minimum Gasteiger partial charge on any atom is -0.493 e. The third-order valence-corrected chi connectivity index (χ3v) is 6.90. The number of allylic oxidation sites excluding steroid dienone is 2. The number of halogens is 2. The van der Waals surface area contributed by atoms with Crippen LogP contribution in [0.1, 0.15) is 11.1 Å². The summed E-state index contributed by atoms with van der Waals surface area (Å²) in [5.74, 6) is 0.157. The molecule has 1 aliphatic heterocycles. The number of β-amino-alcohol motifs (C(OH)–C–C–N with tert-alkyl or cyclic N) is 1. The maximum absolute atomic E-state index is 13.4. The van der Waals surface area contributed by atoms with E-state index < -0.39 is 15.6 Å². The van der Waals surface area contributed by atoms with Gasteiger partial charge in [0, 0.05) is 21.2 Å². The highest BCUT2D eigenvalue weighted by molar-refractivity contribution is 7.95. The van der Waals surface area contributed by atoms with Gasteiger partial charge in [0.25, 0.3) is 10.0 Å². The predicted molar refractivity (Wildman–Crippen MR) is 123 cm³/mol. The molecule has 31 heavy (non-hydrogen) atoms. The molecule has 2 aromatic rings. The van der Waals surface area contributed by atoms with E-state index in [1.165, 1.54) is 32.4 Å². The SMILES string of the molecule is C=C/C=C(OC)\C(=C/S(=O)(=O)N1C[C@@](O)(c2ccccc2Cl)c2cc(Cl)ccc21)OC. The predicted octanol–water partition coefficient (Wildman–Crippen LogP) is 4.58. The van der Waals surface area contributed by atoms with Crippen LogP contribution in [-0.2, 0) is 25.1 Å². The molecule has 6 nitrogen and oxygen atoms in total. The standard InChI is InChI=1S/C22H21Cl2NO5S/c1-4-7-20(29-2)21(30-3)13-31(27,28)25-14-22(26,16-8-5-6-9-18(16)24)17-12-15(23)10-11-19(17)25/h4-13,26H,1,14H2,2-3H3/b20-7+,21-13+/t22-/m1/s1. The van der Waals surface area contributed by atoms with Crippen LogP contribution in [0, 0.1) is 0 Å². The minimum absolute atomic E-state index is 0.0221. The summed E-state index contributed by atoms with van der Waals surface area (Å²) in [6.07, 6.45) is 2.92. The highest BCUT2D eigenvalue weighted by Crippen LogP contribution is 2.47. The van der Waals surface area contributed by atoms with E-state index in [4.69, 9.17) is 32.7 Å². The van der Waals surface area contributed by atoms with Crippen LogP contribution in [0.3, 0.4) is 0 Å². The average molecular weight is 482 g/mol. The fourth-order valence-electron chi connectivity index (χ4n) is 3.45. The molecule has 3 rings (SSSR count). The first-order valence-corrected chi connectivity index (χ1v) is 11.4. The molecule has 0 saturated carbocycles. The van der Waals surface area contributed by atoms with Crippen molar-refractivity contribution in [1.29, 1.82) is 0 Å².